The summed E-state index contributed by atoms with van der Waals surface area (Å²) >= 11 is 0. The molecule has 9 nitrogen and oxygen atoms in total. The van der Waals surface area contributed by atoms with E-state index in [0.29, 0.717) is 17.5 Å². The smallest absolute Gasteiger partial charge is 0.274 e. The van der Waals surface area contributed by atoms with E-state index in [4.69, 9.17) is 0 Å². The summed E-state index contributed by atoms with van der Waals surface area (Å²) in [7, 11) is 0. The molecule has 0 aromatic carbocycles. The molecule has 3 aromatic heterocycles. The fourth-order valence-electron chi connectivity index (χ4n) is 4.08. The van der Waals surface area contributed by atoms with E-state index in [-0.39, 0.29) is 5.91 Å². The molecule has 138 valence electrons. The minimum absolute atomic E-state index is 0.0169. The van der Waals surface area contributed by atoms with Crippen molar-refractivity contribution in [1.82, 2.24) is 34.8 Å². The van der Waals surface area contributed by atoms with Gasteiger partial charge in [-0.3, -0.25) is 9.89 Å². The van der Waals surface area contributed by atoms with Crippen LogP contribution in [0, 0.1) is 18.8 Å². The van der Waals surface area contributed by atoms with Crippen molar-refractivity contribution in [2.45, 2.75) is 6.92 Å². The second-order valence-corrected chi connectivity index (χ2v) is 7.26. The van der Waals surface area contributed by atoms with Crippen LogP contribution in [-0.4, -0.2) is 66.9 Å². The molecule has 2 aliphatic heterocycles. The Morgan fingerprint density at radius 1 is 1.11 bits per heavy atom. The normalized spacial score (nSPS) is 21.7. The summed E-state index contributed by atoms with van der Waals surface area (Å²) in [6.45, 7) is 5.22. The Balaban J connectivity index is 1.28. The summed E-state index contributed by atoms with van der Waals surface area (Å²) in [5, 5.41) is 11.2. The van der Waals surface area contributed by atoms with Crippen LogP contribution in [0.5, 0.6) is 0 Å². The molecule has 2 unspecified atom stereocenters. The molecule has 5 rings (SSSR count). The van der Waals surface area contributed by atoms with Gasteiger partial charge >= 0.3 is 0 Å². The van der Waals surface area contributed by atoms with Gasteiger partial charge in [0.1, 0.15) is 17.8 Å². The monoisotopic (exact) mass is 364 g/mol. The summed E-state index contributed by atoms with van der Waals surface area (Å²) in [6.07, 6.45) is 5.18. The third kappa shape index (κ3) is 2.84. The Morgan fingerprint density at radius 2 is 1.89 bits per heavy atom. The average molecular weight is 364 g/mol. The maximum atomic E-state index is 12.6. The molecule has 0 spiro atoms. The third-order valence-corrected chi connectivity index (χ3v) is 5.40. The second kappa shape index (κ2) is 6.19. The summed E-state index contributed by atoms with van der Waals surface area (Å²) in [4.78, 5) is 25.6. The Hall–Kier alpha value is -3.23. The van der Waals surface area contributed by atoms with E-state index in [1.165, 1.54) is 0 Å². The van der Waals surface area contributed by atoms with Crippen molar-refractivity contribution in [2.75, 3.05) is 31.1 Å². The maximum Gasteiger partial charge on any atom is 0.274 e. The number of aromatic amines is 1. The number of hydrogen-bond donors (Lipinski definition) is 1. The van der Waals surface area contributed by atoms with Crippen molar-refractivity contribution in [1.29, 1.82) is 0 Å². The number of carbonyl (C=O) groups is 1. The Kier molecular flexibility index (Phi) is 3.66. The van der Waals surface area contributed by atoms with Crippen LogP contribution >= 0.6 is 0 Å². The first-order valence-electron chi connectivity index (χ1n) is 9.05. The molecule has 9 heteroatoms. The molecule has 3 aromatic rings. The fraction of sp³-hybridized carbons (Fsp3) is 0.389. The molecule has 0 saturated carbocycles. The quantitative estimate of drug-likeness (QED) is 0.742. The van der Waals surface area contributed by atoms with Crippen LogP contribution in [-0.2, 0) is 0 Å². The number of carbonyl (C=O) groups excluding carboxylic acids is 1. The number of fused-ring (bicyclic) bond motifs is 1. The zero-order chi connectivity index (χ0) is 18.4. The lowest BCUT2D eigenvalue weighted by Crippen LogP contribution is -2.33. The van der Waals surface area contributed by atoms with E-state index in [1.807, 2.05) is 30.2 Å². The molecule has 1 amide bonds. The van der Waals surface area contributed by atoms with Crippen LogP contribution in [0.3, 0.4) is 0 Å². The van der Waals surface area contributed by atoms with Gasteiger partial charge in [-0.15, -0.1) is 0 Å². The summed E-state index contributed by atoms with van der Waals surface area (Å²) in [6, 6.07) is 5.64. The highest BCUT2D eigenvalue weighted by atomic mass is 16.2. The predicted molar refractivity (Wildman–Crippen MR) is 97.6 cm³/mol. The van der Waals surface area contributed by atoms with E-state index in [1.54, 1.807) is 23.3 Å². The van der Waals surface area contributed by atoms with Gasteiger partial charge in [-0.2, -0.15) is 10.2 Å². The first-order chi connectivity index (χ1) is 13.2. The number of H-pyrrole nitrogens is 1. The number of aromatic nitrogens is 6. The number of rotatable bonds is 3. The van der Waals surface area contributed by atoms with Gasteiger partial charge in [0.2, 0.25) is 0 Å². The zero-order valence-electron chi connectivity index (χ0n) is 15.0. The van der Waals surface area contributed by atoms with E-state index in [0.717, 1.165) is 43.5 Å². The van der Waals surface area contributed by atoms with Gasteiger partial charge in [0.05, 0.1) is 0 Å². The van der Waals surface area contributed by atoms with E-state index >= 15 is 0 Å². The SMILES string of the molecule is Cc1cc(C(=O)N2CC3CN(c4cc(-n5cccn5)ncn4)CC3C2)n[nH]1. The molecular formula is C18H20N8O. The van der Waals surface area contributed by atoms with Crippen LogP contribution in [0.25, 0.3) is 5.82 Å². The van der Waals surface area contributed by atoms with Crippen LogP contribution in [0.2, 0.25) is 0 Å². The van der Waals surface area contributed by atoms with E-state index in [9.17, 15) is 4.79 Å². The van der Waals surface area contributed by atoms with Gasteiger partial charge in [-0.05, 0) is 19.1 Å². The molecular weight excluding hydrogens is 344 g/mol. The highest BCUT2D eigenvalue weighted by molar-refractivity contribution is 5.92. The third-order valence-electron chi connectivity index (χ3n) is 5.40. The number of amides is 1. The number of hydrogen-bond acceptors (Lipinski definition) is 6. The molecule has 0 radical (unpaired) electrons. The highest BCUT2D eigenvalue weighted by Gasteiger charge is 2.42. The minimum atomic E-state index is 0.0169. The van der Waals surface area contributed by atoms with Crippen LogP contribution in [0.4, 0.5) is 5.82 Å². The molecule has 5 heterocycles. The Bertz CT molecular complexity index is 951. The number of anilines is 1. The number of aryl methyl sites for hydroxylation is 1. The minimum Gasteiger partial charge on any atom is -0.356 e. The number of likely N-dealkylation sites (tertiary alicyclic amines) is 1. The number of nitrogens with one attached hydrogen (secondary N) is 1. The standard InChI is InChI=1S/C18H20N8O/c1-12-5-15(23-22-12)18(27)25-9-13-7-24(8-14(13)10-25)16-6-17(20-11-19-16)26-4-2-3-21-26/h2-6,11,13-14H,7-10H2,1H3,(H,22,23). The van der Waals surface area contributed by atoms with Gasteiger partial charge in [-0.25, -0.2) is 14.6 Å². The van der Waals surface area contributed by atoms with Gasteiger partial charge in [-0.1, -0.05) is 0 Å². The molecule has 27 heavy (non-hydrogen) atoms. The van der Waals surface area contributed by atoms with Crippen LogP contribution in [0.15, 0.2) is 36.9 Å². The van der Waals surface area contributed by atoms with E-state index in [2.05, 4.69) is 30.2 Å². The van der Waals surface area contributed by atoms with Gasteiger partial charge in [0.15, 0.2) is 5.82 Å². The average Bonchev–Trinajstić information content (AvgIpc) is 3.44. The molecule has 2 atom stereocenters. The van der Waals surface area contributed by atoms with Crippen molar-refractivity contribution in [2.24, 2.45) is 11.8 Å². The molecule has 2 saturated heterocycles. The van der Waals surface area contributed by atoms with Crippen molar-refractivity contribution in [3.8, 4) is 5.82 Å². The van der Waals surface area contributed by atoms with Crippen molar-refractivity contribution >= 4 is 11.7 Å². The second-order valence-electron chi connectivity index (χ2n) is 7.26. The fourth-order valence-corrected chi connectivity index (χ4v) is 4.08. The predicted octanol–water partition coefficient (Wildman–Crippen LogP) is 0.902. The van der Waals surface area contributed by atoms with Crippen molar-refractivity contribution in [3.05, 3.63) is 48.3 Å². The lowest BCUT2D eigenvalue weighted by Gasteiger charge is -2.22. The van der Waals surface area contributed by atoms with Gasteiger partial charge < -0.3 is 9.80 Å². The first-order valence-corrected chi connectivity index (χ1v) is 9.05. The van der Waals surface area contributed by atoms with Crippen LogP contribution in [0.1, 0.15) is 16.2 Å². The lowest BCUT2D eigenvalue weighted by atomic mass is 10.0. The van der Waals surface area contributed by atoms with Crippen molar-refractivity contribution < 1.29 is 4.79 Å². The topological polar surface area (TPSA) is 95.8 Å². The number of nitrogens with zero attached hydrogens (tertiary/aromatic N) is 7. The van der Waals surface area contributed by atoms with Gasteiger partial charge in [0, 0.05) is 62.2 Å². The summed E-state index contributed by atoms with van der Waals surface area (Å²) in [5.41, 5.74) is 1.41. The zero-order valence-corrected chi connectivity index (χ0v) is 15.0. The molecule has 2 fully saturated rings. The molecule has 0 bridgehead atoms. The Labute approximate surface area is 156 Å². The largest absolute Gasteiger partial charge is 0.356 e. The molecule has 2 aliphatic rings. The lowest BCUT2D eigenvalue weighted by molar-refractivity contribution is 0.0776. The first kappa shape index (κ1) is 16.0. The summed E-state index contributed by atoms with van der Waals surface area (Å²) < 4.78 is 1.73. The Morgan fingerprint density at radius 3 is 2.56 bits per heavy atom. The molecule has 1 N–H and O–H groups in total. The van der Waals surface area contributed by atoms with Crippen molar-refractivity contribution in [3.63, 3.8) is 0 Å². The van der Waals surface area contributed by atoms with E-state index < -0.39 is 0 Å². The van der Waals surface area contributed by atoms with Gasteiger partial charge in [0.25, 0.3) is 5.91 Å². The maximum absolute atomic E-state index is 12.6. The highest BCUT2D eigenvalue weighted by Crippen LogP contribution is 2.34. The summed E-state index contributed by atoms with van der Waals surface area (Å²) in [5.74, 6) is 2.59. The van der Waals surface area contributed by atoms with Crippen LogP contribution < -0.4 is 4.90 Å². The molecule has 0 aliphatic carbocycles.